The zero-order chi connectivity index (χ0) is 22.7. The number of rotatable bonds is 7. The molecule has 0 aliphatic carbocycles. The van der Waals surface area contributed by atoms with Crippen LogP contribution in [0.25, 0.3) is 0 Å². The van der Waals surface area contributed by atoms with E-state index in [-0.39, 0.29) is 18.9 Å². The van der Waals surface area contributed by atoms with E-state index in [1.165, 1.54) is 25.7 Å². The van der Waals surface area contributed by atoms with Crippen LogP contribution in [0.15, 0.2) is 0 Å². The summed E-state index contributed by atoms with van der Waals surface area (Å²) >= 11 is 0. The van der Waals surface area contributed by atoms with Crippen molar-refractivity contribution < 1.29 is 37.8 Å². The maximum Gasteiger partial charge on any atom is 0.445 e. The van der Waals surface area contributed by atoms with Crippen LogP contribution >= 0.6 is 0 Å². The molecule has 8 nitrogen and oxygen atoms in total. The summed E-state index contributed by atoms with van der Waals surface area (Å²) in [5.41, 5.74) is 0. The lowest BCUT2D eigenvalue weighted by molar-refractivity contribution is -0.362. The Hall–Kier alpha value is -1.88. The fourth-order valence-corrected chi connectivity index (χ4v) is 3.37. The first-order valence-electron chi connectivity index (χ1n) is 9.50. The minimum Gasteiger partial charge on any atom is -0.357 e. The molecular formula is C18H30F3N3O5. The van der Waals surface area contributed by atoms with Crippen LogP contribution in [-0.2, 0) is 14.4 Å². The predicted octanol–water partition coefficient (Wildman–Crippen LogP) is 0.522. The summed E-state index contributed by atoms with van der Waals surface area (Å²) in [4.78, 5) is 38.2. The van der Waals surface area contributed by atoms with Gasteiger partial charge in [0.1, 0.15) is 12.1 Å². The first kappa shape index (κ1) is 25.2. The molecule has 0 aromatic heterocycles. The summed E-state index contributed by atoms with van der Waals surface area (Å²) in [7, 11) is 0. The van der Waals surface area contributed by atoms with Crippen molar-refractivity contribution >= 4 is 17.7 Å². The van der Waals surface area contributed by atoms with E-state index in [0.717, 1.165) is 0 Å². The van der Waals surface area contributed by atoms with Crippen molar-refractivity contribution in [3.8, 4) is 0 Å². The Morgan fingerprint density at radius 1 is 1.03 bits per heavy atom. The Balaban J connectivity index is 3.05. The molecule has 11 heteroatoms. The van der Waals surface area contributed by atoms with E-state index < -0.39 is 53.7 Å². The number of carbonyl (C=O) groups is 3. The van der Waals surface area contributed by atoms with Gasteiger partial charge in [-0.05, 0) is 24.7 Å². The van der Waals surface area contributed by atoms with Crippen LogP contribution < -0.4 is 10.6 Å². The highest BCUT2D eigenvalue weighted by Gasteiger charge is 2.59. The molecule has 0 bridgehead atoms. The zero-order valence-electron chi connectivity index (χ0n) is 17.2. The van der Waals surface area contributed by atoms with Gasteiger partial charge in [0.05, 0.1) is 6.04 Å². The third-order valence-corrected chi connectivity index (χ3v) is 4.95. The molecule has 0 aromatic rings. The molecule has 3 amide bonds. The van der Waals surface area contributed by atoms with Gasteiger partial charge in [-0.1, -0.05) is 27.7 Å². The molecule has 4 N–H and O–H groups in total. The monoisotopic (exact) mass is 425 g/mol. The number of hydrogen-bond donors (Lipinski definition) is 4. The minimum atomic E-state index is -5.38. The minimum absolute atomic E-state index is 0.203. The van der Waals surface area contributed by atoms with E-state index in [1.807, 2.05) is 0 Å². The smallest absolute Gasteiger partial charge is 0.357 e. The van der Waals surface area contributed by atoms with Gasteiger partial charge in [0.15, 0.2) is 0 Å². The van der Waals surface area contributed by atoms with Crippen LogP contribution in [0.5, 0.6) is 0 Å². The topological polar surface area (TPSA) is 119 Å². The number of amides is 3. The second-order valence-corrected chi connectivity index (χ2v) is 8.07. The summed E-state index contributed by atoms with van der Waals surface area (Å²) < 4.78 is 39.1. The Morgan fingerprint density at radius 2 is 1.59 bits per heavy atom. The lowest BCUT2D eigenvalue weighted by Crippen LogP contribution is -2.65. The van der Waals surface area contributed by atoms with Crippen LogP contribution in [-0.4, -0.2) is 69.5 Å². The molecule has 1 saturated heterocycles. The van der Waals surface area contributed by atoms with Crippen molar-refractivity contribution in [3.63, 3.8) is 0 Å². The molecule has 0 spiro atoms. The molecule has 1 rings (SSSR count). The van der Waals surface area contributed by atoms with Gasteiger partial charge < -0.3 is 25.7 Å². The van der Waals surface area contributed by atoms with E-state index in [1.54, 1.807) is 13.8 Å². The highest BCUT2D eigenvalue weighted by Crippen LogP contribution is 2.34. The van der Waals surface area contributed by atoms with Crippen molar-refractivity contribution in [2.75, 3.05) is 6.54 Å². The molecule has 1 heterocycles. The number of hydrogen-bond acceptors (Lipinski definition) is 5. The maximum absolute atomic E-state index is 13.0. The number of carbonyl (C=O) groups excluding carboxylic acids is 3. The van der Waals surface area contributed by atoms with Gasteiger partial charge >= 0.3 is 6.18 Å². The second kappa shape index (κ2) is 9.29. The van der Waals surface area contributed by atoms with Crippen LogP contribution in [0, 0.1) is 11.8 Å². The van der Waals surface area contributed by atoms with Gasteiger partial charge in [-0.3, -0.25) is 14.4 Å². The molecule has 1 fully saturated rings. The van der Waals surface area contributed by atoms with E-state index in [2.05, 4.69) is 10.6 Å². The standard InChI is InChI=1S/C18H30F3N3O5/c1-9(2)13(22-11(5)25)16(27)24-8-6-7-12(24)15(26)23-14(10(3)4)17(28,29)18(19,20)21/h9-10,12-14,28-29H,6-8H2,1-5H3,(H,22,25)(H,23,26). The lowest BCUT2D eigenvalue weighted by atomic mass is 9.94. The van der Waals surface area contributed by atoms with Crippen molar-refractivity contribution in [3.05, 3.63) is 0 Å². The molecular weight excluding hydrogens is 395 g/mol. The van der Waals surface area contributed by atoms with Crippen molar-refractivity contribution in [2.24, 2.45) is 11.8 Å². The third kappa shape index (κ3) is 5.81. The summed E-state index contributed by atoms with van der Waals surface area (Å²) in [6, 6.07) is -3.97. The fourth-order valence-electron chi connectivity index (χ4n) is 3.37. The molecule has 0 aromatic carbocycles. The summed E-state index contributed by atoms with van der Waals surface area (Å²) in [5.74, 6) is -7.19. The van der Waals surface area contributed by atoms with E-state index in [9.17, 15) is 37.8 Å². The normalized spacial score (nSPS) is 20.0. The quantitative estimate of drug-likeness (QED) is 0.444. The Morgan fingerprint density at radius 3 is 2.00 bits per heavy atom. The zero-order valence-corrected chi connectivity index (χ0v) is 17.2. The number of aliphatic hydroxyl groups is 2. The van der Waals surface area contributed by atoms with Crippen molar-refractivity contribution in [2.45, 2.75) is 77.5 Å². The van der Waals surface area contributed by atoms with Crippen molar-refractivity contribution in [1.82, 2.24) is 15.5 Å². The van der Waals surface area contributed by atoms with Gasteiger partial charge in [0.2, 0.25) is 17.7 Å². The fraction of sp³-hybridized carbons (Fsp3) is 0.833. The molecule has 3 atom stereocenters. The van der Waals surface area contributed by atoms with Gasteiger partial charge in [-0.15, -0.1) is 0 Å². The summed E-state index contributed by atoms with van der Waals surface area (Å²) in [5, 5.41) is 23.8. The van der Waals surface area contributed by atoms with Crippen LogP contribution in [0.2, 0.25) is 0 Å². The number of nitrogens with one attached hydrogen (secondary N) is 2. The first-order chi connectivity index (χ1) is 13.1. The highest BCUT2D eigenvalue weighted by molar-refractivity contribution is 5.92. The molecule has 1 aliphatic rings. The summed E-state index contributed by atoms with van der Waals surface area (Å²) in [6.07, 6.45) is -4.72. The van der Waals surface area contributed by atoms with Crippen LogP contribution in [0.3, 0.4) is 0 Å². The number of alkyl halides is 3. The number of likely N-dealkylation sites (tertiary alicyclic amines) is 1. The Bertz CT molecular complexity index is 622. The highest BCUT2D eigenvalue weighted by atomic mass is 19.4. The van der Waals surface area contributed by atoms with Gasteiger partial charge in [0.25, 0.3) is 5.79 Å². The third-order valence-electron chi connectivity index (χ3n) is 4.95. The summed E-state index contributed by atoms with van der Waals surface area (Å²) in [6.45, 7) is 7.50. The largest absolute Gasteiger partial charge is 0.445 e. The molecule has 3 unspecified atom stereocenters. The molecule has 0 radical (unpaired) electrons. The van der Waals surface area contributed by atoms with Crippen LogP contribution in [0.4, 0.5) is 13.2 Å². The Kier molecular flexibility index (Phi) is 8.06. The second-order valence-electron chi connectivity index (χ2n) is 8.07. The van der Waals surface area contributed by atoms with Crippen molar-refractivity contribution in [1.29, 1.82) is 0 Å². The van der Waals surface area contributed by atoms with Crippen LogP contribution in [0.1, 0.15) is 47.5 Å². The average Bonchev–Trinajstić information content (AvgIpc) is 3.04. The van der Waals surface area contributed by atoms with Gasteiger partial charge in [0, 0.05) is 13.5 Å². The first-order valence-corrected chi connectivity index (χ1v) is 9.50. The Labute approximate surface area is 167 Å². The predicted molar refractivity (Wildman–Crippen MR) is 97.2 cm³/mol. The van der Waals surface area contributed by atoms with E-state index >= 15 is 0 Å². The number of halogens is 3. The van der Waals surface area contributed by atoms with E-state index in [0.29, 0.717) is 6.42 Å². The number of nitrogens with zero attached hydrogens (tertiary/aromatic N) is 1. The molecule has 168 valence electrons. The molecule has 1 aliphatic heterocycles. The average molecular weight is 425 g/mol. The SMILES string of the molecule is CC(=O)NC(C(=O)N1CCCC1C(=O)NC(C(C)C)C(O)(O)C(F)(F)F)C(C)C. The van der Waals surface area contributed by atoms with Gasteiger partial charge in [-0.25, -0.2) is 0 Å². The molecule has 29 heavy (non-hydrogen) atoms. The lowest BCUT2D eigenvalue weighted by Gasteiger charge is -2.37. The van der Waals surface area contributed by atoms with E-state index in [4.69, 9.17) is 0 Å². The maximum atomic E-state index is 13.0. The van der Waals surface area contributed by atoms with Gasteiger partial charge in [-0.2, -0.15) is 13.2 Å². The molecule has 0 saturated carbocycles.